The van der Waals surface area contributed by atoms with E-state index in [0.29, 0.717) is 13.0 Å². The molecule has 1 aliphatic rings. The molecule has 1 unspecified atom stereocenters. The maximum absolute atomic E-state index is 11.0. The van der Waals surface area contributed by atoms with Gasteiger partial charge in [-0.25, -0.2) is 0 Å². The van der Waals surface area contributed by atoms with Crippen molar-refractivity contribution >= 4 is 11.8 Å². The zero-order valence-corrected chi connectivity index (χ0v) is 6.96. The molecular weight excluding hydrogens is 156 g/mol. The standard InChI is InChI=1S/C8H12N2O2/c1-2-3-7(11)10-6-4-8(12)9-5-6/h2-3,6H,4-5H2,1H3,(H,9,12)(H,10,11)/b3-2+. The van der Waals surface area contributed by atoms with Gasteiger partial charge in [0.15, 0.2) is 0 Å². The fourth-order valence-electron chi connectivity index (χ4n) is 1.11. The van der Waals surface area contributed by atoms with Gasteiger partial charge in [-0.05, 0) is 13.0 Å². The minimum Gasteiger partial charge on any atom is -0.354 e. The molecule has 2 N–H and O–H groups in total. The Morgan fingerprint density at radius 3 is 3.00 bits per heavy atom. The second-order valence-corrected chi connectivity index (χ2v) is 2.71. The molecule has 1 rings (SSSR count). The van der Waals surface area contributed by atoms with Gasteiger partial charge in [-0.15, -0.1) is 0 Å². The first-order valence-corrected chi connectivity index (χ1v) is 3.92. The maximum atomic E-state index is 11.0. The molecule has 0 aromatic carbocycles. The van der Waals surface area contributed by atoms with Gasteiger partial charge in [0.2, 0.25) is 11.8 Å². The third-order valence-corrected chi connectivity index (χ3v) is 1.64. The van der Waals surface area contributed by atoms with Crippen molar-refractivity contribution in [3.8, 4) is 0 Å². The molecule has 0 aliphatic carbocycles. The van der Waals surface area contributed by atoms with Crippen LogP contribution in [0.5, 0.6) is 0 Å². The van der Waals surface area contributed by atoms with Crippen LogP contribution in [0, 0.1) is 0 Å². The van der Waals surface area contributed by atoms with Crippen molar-refractivity contribution in [2.75, 3.05) is 6.54 Å². The predicted octanol–water partition coefficient (Wildman–Crippen LogP) is -0.433. The highest BCUT2D eigenvalue weighted by Gasteiger charge is 2.21. The van der Waals surface area contributed by atoms with Crippen LogP contribution in [0.2, 0.25) is 0 Å². The smallest absolute Gasteiger partial charge is 0.243 e. The fourth-order valence-corrected chi connectivity index (χ4v) is 1.11. The molecule has 0 radical (unpaired) electrons. The Labute approximate surface area is 71.0 Å². The first-order valence-electron chi connectivity index (χ1n) is 3.92. The number of amides is 2. The third kappa shape index (κ3) is 2.38. The summed E-state index contributed by atoms with van der Waals surface area (Å²) in [5, 5.41) is 5.34. The van der Waals surface area contributed by atoms with Crippen LogP contribution >= 0.6 is 0 Å². The van der Waals surface area contributed by atoms with E-state index in [1.165, 1.54) is 6.08 Å². The highest BCUT2D eigenvalue weighted by molar-refractivity contribution is 5.88. The Hall–Kier alpha value is -1.32. The highest BCUT2D eigenvalue weighted by Crippen LogP contribution is 1.98. The van der Waals surface area contributed by atoms with E-state index >= 15 is 0 Å². The molecule has 1 heterocycles. The molecule has 1 aliphatic heterocycles. The lowest BCUT2D eigenvalue weighted by Gasteiger charge is -2.06. The van der Waals surface area contributed by atoms with E-state index in [0.717, 1.165) is 0 Å². The van der Waals surface area contributed by atoms with Gasteiger partial charge >= 0.3 is 0 Å². The Bertz CT molecular complexity index is 223. The molecule has 1 atom stereocenters. The first-order chi connectivity index (χ1) is 5.72. The van der Waals surface area contributed by atoms with Crippen molar-refractivity contribution in [3.05, 3.63) is 12.2 Å². The maximum Gasteiger partial charge on any atom is 0.243 e. The summed E-state index contributed by atoms with van der Waals surface area (Å²) < 4.78 is 0. The fraction of sp³-hybridized carbons (Fsp3) is 0.500. The quantitative estimate of drug-likeness (QED) is 0.549. The molecule has 1 saturated heterocycles. The van der Waals surface area contributed by atoms with Crippen LogP contribution in [-0.2, 0) is 9.59 Å². The van der Waals surface area contributed by atoms with Crippen LogP contribution in [0.3, 0.4) is 0 Å². The van der Waals surface area contributed by atoms with Gasteiger partial charge in [-0.1, -0.05) is 6.08 Å². The number of rotatable bonds is 2. The highest BCUT2D eigenvalue weighted by atomic mass is 16.2. The summed E-state index contributed by atoms with van der Waals surface area (Å²) in [4.78, 5) is 21.7. The molecule has 0 spiro atoms. The zero-order valence-electron chi connectivity index (χ0n) is 6.96. The summed E-state index contributed by atoms with van der Waals surface area (Å²) >= 11 is 0. The van der Waals surface area contributed by atoms with E-state index in [9.17, 15) is 9.59 Å². The van der Waals surface area contributed by atoms with Gasteiger partial charge in [0.05, 0.1) is 6.04 Å². The third-order valence-electron chi connectivity index (χ3n) is 1.64. The molecule has 4 heteroatoms. The van der Waals surface area contributed by atoms with Crippen molar-refractivity contribution in [2.24, 2.45) is 0 Å². The number of hydrogen-bond donors (Lipinski definition) is 2. The lowest BCUT2D eigenvalue weighted by Crippen LogP contribution is -2.34. The van der Waals surface area contributed by atoms with E-state index in [1.807, 2.05) is 0 Å². The summed E-state index contributed by atoms with van der Waals surface area (Å²) in [6.45, 7) is 2.32. The summed E-state index contributed by atoms with van der Waals surface area (Å²) in [6, 6.07) is -0.0406. The van der Waals surface area contributed by atoms with Crippen molar-refractivity contribution in [3.63, 3.8) is 0 Å². The van der Waals surface area contributed by atoms with Crippen LogP contribution in [0.1, 0.15) is 13.3 Å². The van der Waals surface area contributed by atoms with Gasteiger partial charge < -0.3 is 10.6 Å². The molecule has 0 aromatic heterocycles. The summed E-state index contributed by atoms with van der Waals surface area (Å²) in [7, 11) is 0. The molecule has 12 heavy (non-hydrogen) atoms. The summed E-state index contributed by atoms with van der Waals surface area (Å²) in [5.74, 6) is -0.139. The first kappa shape index (κ1) is 8.77. The van der Waals surface area contributed by atoms with Crippen LogP contribution in [0.4, 0.5) is 0 Å². The minimum atomic E-state index is -0.140. The largest absolute Gasteiger partial charge is 0.354 e. The molecule has 4 nitrogen and oxygen atoms in total. The summed E-state index contributed by atoms with van der Waals surface area (Å²) in [6.07, 6.45) is 3.51. The second kappa shape index (κ2) is 3.90. The Kier molecular flexibility index (Phi) is 2.85. The molecule has 1 fully saturated rings. The predicted molar refractivity (Wildman–Crippen MR) is 44.4 cm³/mol. The Morgan fingerprint density at radius 2 is 2.50 bits per heavy atom. The van der Waals surface area contributed by atoms with Gasteiger partial charge in [-0.3, -0.25) is 9.59 Å². The number of carbonyl (C=O) groups excluding carboxylic acids is 2. The molecule has 66 valence electrons. The average molecular weight is 168 g/mol. The van der Waals surface area contributed by atoms with Crippen LogP contribution in [0.15, 0.2) is 12.2 Å². The van der Waals surface area contributed by atoms with E-state index in [-0.39, 0.29) is 17.9 Å². The van der Waals surface area contributed by atoms with E-state index in [2.05, 4.69) is 10.6 Å². The second-order valence-electron chi connectivity index (χ2n) is 2.71. The lowest BCUT2D eigenvalue weighted by molar-refractivity contribution is -0.119. The van der Waals surface area contributed by atoms with E-state index in [1.54, 1.807) is 13.0 Å². The normalized spacial score (nSPS) is 22.8. The Balaban J connectivity index is 2.32. The van der Waals surface area contributed by atoms with Gasteiger partial charge in [0, 0.05) is 13.0 Å². The molecule has 2 amide bonds. The monoisotopic (exact) mass is 168 g/mol. The van der Waals surface area contributed by atoms with Crippen molar-refractivity contribution in [2.45, 2.75) is 19.4 Å². The van der Waals surface area contributed by atoms with Crippen LogP contribution in [-0.4, -0.2) is 24.4 Å². The van der Waals surface area contributed by atoms with E-state index < -0.39 is 0 Å². The minimum absolute atomic E-state index is 0.000720. The average Bonchev–Trinajstić information content (AvgIpc) is 2.36. The van der Waals surface area contributed by atoms with Gasteiger partial charge in [0.1, 0.15) is 0 Å². The van der Waals surface area contributed by atoms with Crippen molar-refractivity contribution in [1.82, 2.24) is 10.6 Å². The van der Waals surface area contributed by atoms with Crippen molar-refractivity contribution in [1.29, 1.82) is 0 Å². The van der Waals surface area contributed by atoms with E-state index in [4.69, 9.17) is 0 Å². The Morgan fingerprint density at radius 1 is 1.75 bits per heavy atom. The van der Waals surface area contributed by atoms with Crippen LogP contribution in [0.25, 0.3) is 0 Å². The van der Waals surface area contributed by atoms with Gasteiger partial charge in [-0.2, -0.15) is 0 Å². The van der Waals surface area contributed by atoms with Crippen LogP contribution < -0.4 is 10.6 Å². The number of hydrogen-bond acceptors (Lipinski definition) is 2. The topological polar surface area (TPSA) is 58.2 Å². The van der Waals surface area contributed by atoms with Gasteiger partial charge in [0.25, 0.3) is 0 Å². The number of nitrogens with one attached hydrogen (secondary N) is 2. The lowest BCUT2D eigenvalue weighted by atomic mass is 10.2. The number of allylic oxidation sites excluding steroid dienone is 1. The summed E-state index contributed by atoms with van der Waals surface area (Å²) in [5.41, 5.74) is 0. The molecule has 0 saturated carbocycles. The zero-order chi connectivity index (χ0) is 8.97. The molecular formula is C8H12N2O2. The van der Waals surface area contributed by atoms with Crippen molar-refractivity contribution < 1.29 is 9.59 Å². The number of carbonyl (C=O) groups is 2. The SMILES string of the molecule is C/C=C/C(=O)NC1CNC(=O)C1. The molecule has 0 aromatic rings. The molecule has 0 bridgehead atoms.